The van der Waals surface area contributed by atoms with Crippen LogP contribution in [0.25, 0.3) is 11.3 Å². The third-order valence-corrected chi connectivity index (χ3v) is 5.83. The first-order chi connectivity index (χ1) is 16.0. The van der Waals surface area contributed by atoms with Gasteiger partial charge in [-0.3, -0.25) is 4.79 Å². The van der Waals surface area contributed by atoms with E-state index in [9.17, 15) is 4.79 Å². The van der Waals surface area contributed by atoms with E-state index >= 15 is 0 Å². The highest BCUT2D eigenvalue weighted by Gasteiger charge is 2.27. The number of ether oxygens (including phenoxy) is 2. The Morgan fingerprint density at radius 2 is 1.91 bits per heavy atom. The number of benzene rings is 2. The molecule has 2 aromatic carbocycles. The molecule has 0 saturated carbocycles. The number of rotatable bonds is 6. The third kappa shape index (κ3) is 4.94. The number of aromatic nitrogens is 2. The van der Waals surface area contributed by atoms with Gasteiger partial charge in [0.2, 0.25) is 5.95 Å². The van der Waals surface area contributed by atoms with Gasteiger partial charge in [-0.25, -0.2) is 9.97 Å². The fourth-order valence-electron chi connectivity index (χ4n) is 3.84. The highest BCUT2D eigenvalue weighted by atomic mass is 35.5. The molecule has 1 aliphatic heterocycles. The first-order valence-electron chi connectivity index (χ1n) is 10.9. The lowest BCUT2D eigenvalue weighted by Crippen LogP contribution is -2.39. The maximum atomic E-state index is 13.9. The second kappa shape index (κ2) is 10.2. The van der Waals surface area contributed by atoms with Crippen LogP contribution in [0, 0.1) is 0 Å². The molecule has 2 heterocycles. The zero-order valence-electron chi connectivity index (χ0n) is 19.0. The molecule has 1 fully saturated rings. The molecule has 7 nitrogen and oxygen atoms in total. The van der Waals surface area contributed by atoms with Crippen molar-refractivity contribution in [2.45, 2.75) is 19.9 Å². The van der Waals surface area contributed by atoms with Crippen LogP contribution in [0.2, 0.25) is 5.02 Å². The van der Waals surface area contributed by atoms with Gasteiger partial charge >= 0.3 is 0 Å². The fraction of sp³-hybridized carbons (Fsp3) is 0.320. The number of methoxy groups -OCH3 is 1. The molecule has 0 atom stereocenters. The van der Waals surface area contributed by atoms with Gasteiger partial charge in [-0.05, 0) is 32.0 Å². The van der Waals surface area contributed by atoms with Crippen molar-refractivity contribution < 1.29 is 14.3 Å². The Morgan fingerprint density at radius 1 is 1.15 bits per heavy atom. The highest BCUT2D eigenvalue weighted by molar-refractivity contribution is 6.33. The second-order valence-corrected chi connectivity index (χ2v) is 8.39. The van der Waals surface area contributed by atoms with Gasteiger partial charge in [0, 0.05) is 47.7 Å². The smallest absolute Gasteiger partial charge is 0.262 e. The molecule has 4 rings (SSSR count). The van der Waals surface area contributed by atoms with Crippen molar-refractivity contribution in [3.8, 4) is 17.0 Å². The Morgan fingerprint density at radius 3 is 2.61 bits per heavy atom. The van der Waals surface area contributed by atoms with E-state index in [1.807, 2.05) is 56.3 Å². The predicted molar refractivity (Wildman–Crippen MR) is 130 cm³/mol. The van der Waals surface area contributed by atoms with Gasteiger partial charge in [0.15, 0.2) is 0 Å². The van der Waals surface area contributed by atoms with E-state index in [4.69, 9.17) is 26.1 Å². The van der Waals surface area contributed by atoms with Crippen LogP contribution in [0.3, 0.4) is 0 Å². The molecule has 3 aromatic rings. The van der Waals surface area contributed by atoms with Crippen LogP contribution >= 0.6 is 11.6 Å². The van der Waals surface area contributed by atoms with E-state index in [1.165, 1.54) is 0 Å². The van der Waals surface area contributed by atoms with E-state index in [2.05, 4.69) is 9.88 Å². The molecule has 8 heteroatoms. The number of anilines is 2. The summed E-state index contributed by atoms with van der Waals surface area (Å²) in [5, 5.41) is 0.524. The van der Waals surface area contributed by atoms with Crippen LogP contribution < -0.4 is 14.5 Å². The molecular formula is C25H27ClN4O3. The van der Waals surface area contributed by atoms with Crippen LogP contribution in [-0.2, 0) is 4.74 Å². The summed E-state index contributed by atoms with van der Waals surface area (Å²) in [5.74, 6) is 1.03. The highest BCUT2D eigenvalue weighted by Crippen LogP contribution is 2.32. The van der Waals surface area contributed by atoms with E-state index in [1.54, 1.807) is 24.3 Å². The van der Waals surface area contributed by atoms with Crippen molar-refractivity contribution >= 4 is 29.1 Å². The normalized spacial score (nSPS) is 13.8. The van der Waals surface area contributed by atoms with Gasteiger partial charge in [0.25, 0.3) is 5.91 Å². The molecule has 0 spiro atoms. The van der Waals surface area contributed by atoms with Crippen LogP contribution in [0.15, 0.2) is 54.7 Å². The molecule has 0 N–H and O–H groups in total. The van der Waals surface area contributed by atoms with E-state index in [-0.39, 0.29) is 11.9 Å². The zero-order chi connectivity index (χ0) is 23.4. The number of hydrogen-bond donors (Lipinski definition) is 0. The van der Waals surface area contributed by atoms with E-state index in [0.29, 0.717) is 59.8 Å². The molecule has 0 unspecified atom stereocenters. The van der Waals surface area contributed by atoms with Crippen molar-refractivity contribution in [1.82, 2.24) is 9.97 Å². The number of halogens is 1. The lowest BCUT2D eigenvalue weighted by Gasteiger charge is -2.29. The summed E-state index contributed by atoms with van der Waals surface area (Å²) < 4.78 is 10.8. The summed E-state index contributed by atoms with van der Waals surface area (Å²) in [4.78, 5) is 27.1. The minimum absolute atomic E-state index is 0.109. The van der Waals surface area contributed by atoms with E-state index < -0.39 is 0 Å². The topological polar surface area (TPSA) is 67.8 Å². The Bertz CT molecular complexity index is 1130. The summed E-state index contributed by atoms with van der Waals surface area (Å²) in [6.45, 7) is 6.55. The number of hydrogen-bond acceptors (Lipinski definition) is 6. The summed E-state index contributed by atoms with van der Waals surface area (Å²) in [6.07, 6.45) is 1.61. The Hall–Kier alpha value is -3.16. The van der Waals surface area contributed by atoms with E-state index in [0.717, 1.165) is 5.69 Å². The molecule has 33 heavy (non-hydrogen) atoms. The van der Waals surface area contributed by atoms with Crippen LogP contribution in [0.1, 0.15) is 24.2 Å². The number of carbonyl (C=O) groups is 1. The standard InChI is InChI=1S/C25H27ClN4O3/c1-17(2)30(18-7-6-8-19(15-18)32-3)24(31)21-16-27-25(29-11-13-33-14-12-29)28-23(21)20-9-4-5-10-22(20)26/h4-10,15-17H,11-14H2,1-3H3. The number of nitrogens with zero attached hydrogens (tertiary/aromatic N) is 4. The molecule has 1 saturated heterocycles. The summed E-state index contributed by atoms with van der Waals surface area (Å²) in [7, 11) is 1.61. The van der Waals surface area contributed by atoms with Crippen LogP contribution in [0.5, 0.6) is 5.75 Å². The van der Waals surface area contributed by atoms with Gasteiger partial charge in [-0.15, -0.1) is 0 Å². The molecular weight excluding hydrogens is 440 g/mol. The third-order valence-electron chi connectivity index (χ3n) is 5.50. The van der Waals surface area contributed by atoms with Crippen molar-refractivity contribution in [2.24, 2.45) is 0 Å². The molecule has 1 aromatic heterocycles. The molecule has 0 bridgehead atoms. The number of carbonyl (C=O) groups excluding carboxylic acids is 1. The predicted octanol–water partition coefficient (Wildman–Crippen LogP) is 4.70. The minimum Gasteiger partial charge on any atom is -0.497 e. The first-order valence-corrected chi connectivity index (χ1v) is 11.3. The quantitative estimate of drug-likeness (QED) is 0.524. The molecule has 1 aliphatic rings. The average Bonchev–Trinajstić information content (AvgIpc) is 2.84. The number of morpholine rings is 1. The monoisotopic (exact) mass is 466 g/mol. The molecule has 0 radical (unpaired) electrons. The van der Waals surface area contributed by atoms with Crippen molar-refractivity contribution in [1.29, 1.82) is 0 Å². The summed E-state index contributed by atoms with van der Waals surface area (Å²) in [5.41, 5.74) is 2.32. The Balaban J connectivity index is 1.82. The lowest BCUT2D eigenvalue weighted by atomic mass is 10.0. The fourth-order valence-corrected chi connectivity index (χ4v) is 4.07. The zero-order valence-corrected chi connectivity index (χ0v) is 19.7. The number of amides is 1. The second-order valence-electron chi connectivity index (χ2n) is 7.98. The van der Waals surface area contributed by atoms with Crippen molar-refractivity contribution in [3.63, 3.8) is 0 Å². The summed E-state index contributed by atoms with van der Waals surface area (Å²) >= 11 is 6.54. The SMILES string of the molecule is COc1cccc(N(C(=O)c2cnc(N3CCOCC3)nc2-c2ccccc2Cl)C(C)C)c1. The maximum absolute atomic E-state index is 13.9. The Labute approximate surface area is 198 Å². The largest absolute Gasteiger partial charge is 0.497 e. The van der Waals surface area contributed by atoms with Crippen LogP contribution in [-0.4, -0.2) is 55.3 Å². The first kappa shape index (κ1) is 23.0. The van der Waals surface area contributed by atoms with Gasteiger partial charge in [-0.2, -0.15) is 0 Å². The minimum atomic E-state index is -0.207. The lowest BCUT2D eigenvalue weighted by molar-refractivity contribution is 0.0980. The maximum Gasteiger partial charge on any atom is 0.262 e. The molecule has 1 amide bonds. The van der Waals surface area contributed by atoms with Crippen molar-refractivity contribution in [3.05, 3.63) is 65.3 Å². The van der Waals surface area contributed by atoms with Gasteiger partial charge < -0.3 is 19.3 Å². The van der Waals surface area contributed by atoms with Crippen LogP contribution in [0.4, 0.5) is 11.6 Å². The van der Waals surface area contributed by atoms with Gasteiger partial charge in [0.1, 0.15) is 5.75 Å². The average molecular weight is 467 g/mol. The molecule has 172 valence electrons. The van der Waals surface area contributed by atoms with Gasteiger partial charge in [0.05, 0.1) is 31.6 Å². The summed E-state index contributed by atoms with van der Waals surface area (Å²) in [6, 6.07) is 14.7. The van der Waals surface area contributed by atoms with Gasteiger partial charge in [-0.1, -0.05) is 35.9 Å². The Kier molecular flexibility index (Phi) is 7.11. The van der Waals surface area contributed by atoms with Crippen molar-refractivity contribution in [2.75, 3.05) is 43.2 Å². The molecule has 0 aliphatic carbocycles.